The first-order chi connectivity index (χ1) is 20.1. The van der Waals surface area contributed by atoms with E-state index < -0.39 is 66.8 Å². The van der Waals surface area contributed by atoms with Crippen LogP contribution in [0.1, 0.15) is 43.4 Å². The number of Topliss-reactive ketones (excluding diaryl/α,β-unsaturated/α-hetero) is 1. The third-order valence-corrected chi connectivity index (χ3v) is 7.07. The molecular weight excluding hydrogens is 570 g/mol. The van der Waals surface area contributed by atoms with Crippen LogP contribution in [0.4, 0.5) is 13.2 Å². The molecule has 11 nitrogen and oxygen atoms in total. The molecule has 0 saturated heterocycles. The number of benzene rings is 2. The van der Waals surface area contributed by atoms with E-state index in [9.17, 15) is 32.6 Å². The number of fused-ring (bicyclic) bond motifs is 1. The minimum absolute atomic E-state index is 0.0393. The summed E-state index contributed by atoms with van der Waals surface area (Å²) in [5, 5.41) is 15.3. The summed E-state index contributed by atoms with van der Waals surface area (Å²) in [6.45, 7) is 3.46. The van der Waals surface area contributed by atoms with Gasteiger partial charge in [0.15, 0.2) is 5.78 Å². The molecule has 2 aromatic carbocycles. The number of nitrogens with one attached hydrogen (secondary N) is 2. The fourth-order valence-electron chi connectivity index (χ4n) is 4.53. The molecule has 0 fully saturated rings. The Morgan fingerprint density at radius 3 is 2.33 bits per heavy atom. The molecule has 0 spiro atoms. The second-order valence-corrected chi connectivity index (χ2v) is 10.8. The second-order valence-electron chi connectivity index (χ2n) is 10.8. The Bertz CT molecular complexity index is 1290. The zero-order valence-electron chi connectivity index (χ0n) is 23.9. The molecule has 0 aliphatic carbocycles. The number of amides is 2. The van der Waals surface area contributed by atoms with Crippen molar-refractivity contribution in [3.8, 4) is 5.75 Å². The molecule has 0 unspecified atom stereocenters. The molecule has 0 radical (unpaired) electrons. The van der Waals surface area contributed by atoms with E-state index in [1.165, 1.54) is 0 Å². The molecule has 43 heavy (non-hydrogen) atoms. The number of hydrogen-bond acceptors (Lipinski definition) is 9. The summed E-state index contributed by atoms with van der Waals surface area (Å²) >= 11 is 0. The molecule has 15 heteroatoms. The van der Waals surface area contributed by atoms with Gasteiger partial charge in [-0.15, -0.1) is 0 Å². The van der Waals surface area contributed by atoms with Gasteiger partial charge in [0.1, 0.15) is 18.4 Å². The van der Waals surface area contributed by atoms with Crippen LogP contribution in [0.2, 0.25) is 0 Å². The van der Waals surface area contributed by atoms with Crippen molar-refractivity contribution in [3.63, 3.8) is 0 Å². The number of alkyl halides is 3. The van der Waals surface area contributed by atoms with E-state index >= 15 is 0 Å². The SMILES string of the molecule is CC1(C)OB(O)c2ccc(CC(=O)[C@@H](COc3ccc(C(F)(F)F)cc3)NC(=O)[C@@H](N)CCC(=O)NC(CN)CN)cc21. The molecule has 234 valence electrons. The van der Waals surface area contributed by atoms with Crippen LogP contribution in [-0.2, 0) is 37.2 Å². The fourth-order valence-corrected chi connectivity index (χ4v) is 4.53. The van der Waals surface area contributed by atoms with E-state index in [-0.39, 0.29) is 38.1 Å². The maximum atomic E-state index is 13.4. The first-order valence-electron chi connectivity index (χ1n) is 13.7. The van der Waals surface area contributed by atoms with E-state index in [1.807, 2.05) is 0 Å². The molecule has 1 aliphatic heterocycles. The van der Waals surface area contributed by atoms with Crippen molar-refractivity contribution in [3.05, 3.63) is 59.2 Å². The van der Waals surface area contributed by atoms with Gasteiger partial charge in [0.05, 0.1) is 23.2 Å². The van der Waals surface area contributed by atoms with E-state index in [0.29, 0.717) is 16.6 Å². The molecule has 2 atom stereocenters. The molecule has 3 rings (SSSR count). The van der Waals surface area contributed by atoms with Crippen LogP contribution in [-0.4, -0.2) is 67.6 Å². The van der Waals surface area contributed by atoms with Crippen molar-refractivity contribution in [1.29, 1.82) is 0 Å². The van der Waals surface area contributed by atoms with Crippen LogP contribution in [0.5, 0.6) is 5.75 Å². The Balaban J connectivity index is 1.71. The number of ketones is 1. The molecule has 0 saturated carbocycles. The van der Waals surface area contributed by atoms with Crippen molar-refractivity contribution >= 4 is 30.2 Å². The molecule has 2 aromatic rings. The van der Waals surface area contributed by atoms with Gasteiger partial charge in [-0.3, -0.25) is 14.4 Å². The highest BCUT2D eigenvalue weighted by Crippen LogP contribution is 2.31. The maximum Gasteiger partial charge on any atom is 0.492 e. The summed E-state index contributed by atoms with van der Waals surface area (Å²) in [6.07, 6.45) is -4.80. The van der Waals surface area contributed by atoms with Gasteiger partial charge >= 0.3 is 13.3 Å². The summed E-state index contributed by atoms with van der Waals surface area (Å²) in [4.78, 5) is 38.5. The highest BCUT2D eigenvalue weighted by atomic mass is 19.4. The van der Waals surface area contributed by atoms with Gasteiger partial charge in [0.25, 0.3) is 0 Å². The lowest BCUT2D eigenvalue weighted by Gasteiger charge is -2.22. The van der Waals surface area contributed by atoms with Crippen LogP contribution in [0.3, 0.4) is 0 Å². The Labute approximate surface area is 247 Å². The predicted molar refractivity (Wildman–Crippen MR) is 153 cm³/mol. The van der Waals surface area contributed by atoms with Gasteiger partial charge in [-0.2, -0.15) is 13.2 Å². The molecule has 1 heterocycles. The number of rotatable bonds is 14. The third-order valence-electron chi connectivity index (χ3n) is 7.07. The first kappa shape index (κ1) is 34.0. The summed E-state index contributed by atoms with van der Waals surface area (Å²) in [7, 11) is -1.10. The van der Waals surface area contributed by atoms with E-state index in [0.717, 1.165) is 24.3 Å². The van der Waals surface area contributed by atoms with Crippen LogP contribution >= 0.6 is 0 Å². The van der Waals surface area contributed by atoms with Gasteiger partial charge in [0.2, 0.25) is 11.8 Å². The van der Waals surface area contributed by atoms with E-state index in [4.69, 9.17) is 26.6 Å². The molecule has 9 N–H and O–H groups in total. The lowest BCUT2D eigenvalue weighted by atomic mass is 9.77. The largest absolute Gasteiger partial charge is 0.492 e. The monoisotopic (exact) mass is 607 g/mol. The van der Waals surface area contributed by atoms with E-state index in [2.05, 4.69) is 10.6 Å². The average Bonchev–Trinajstić information content (AvgIpc) is 3.18. The lowest BCUT2D eigenvalue weighted by Crippen LogP contribution is -2.51. The number of nitrogens with two attached hydrogens (primary N) is 3. The quantitative estimate of drug-likeness (QED) is 0.159. The zero-order chi connectivity index (χ0) is 31.9. The highest BCUT2D eigenvalue weighted by molar-refractivity contribution is 6.61. The van der Waals surface area contributed by atoms with Crippen molar-refractivity contribution in [2.45, 2.75) is 63.0 Å². The highest BCUT2D eigenvalue weighted by Gasteiger charge is 2.40. The topological polar surface area (TPSA) is 192 Å². The number of hydrogen-bond donors (Lipinski definition) is 6. The van der Waals surface area contributed by atoms with Gasteiger partial charge in [-0.1, -0.05) is 18.2 Å². The smallest absolute Gasteiger partial charge is 0.491 e. The van der Waals surface area contributed by atoms with Gasteiger partial charge < -0.3 is 42.2 Å². The Kier molecular flexibility index (Phi) is 11.3. The van der Waals surface area contributed by atoms with Crippen LogP contribution in [0.15, 0.2) is 42.5 Å². The summed E-state index contributed by atoms with van der Waals surface area (Å²) in [5.74, 6) is -1.52. The van der Waals surface area contributed by atoms with Crippen molar-refractivity contribution < 1.29 is 42.0 Å². The fraction of sp³-hybridized carbons (Fsp3) is 0.464. The Hall–Kier alpha value is -3.50. The predicted octanol–water partition coefficient (Wildman–Crippen LogP) is -0.157. The van der Waals surface area contributed by atoms with Gasteiger partial charge in [0, 0.05) is 25.9 Å². The summed E-state index contributed by atoms with van der Waals surface area (Å²) in [5.41, 5.74) is 17.2. The minimum atomic E-state index is -4.53. The first-order valence-corrected chi connectivity index (χ1v) is 13.7. The summed E-state index contributed by atoms with van der Waals surface area (Å²) < 4.78 is 49.9. The summed E-state index contributed by atoms with van der Waals surface area (Å²) in [6, 6.07) is 6.16. The lowest BCUT2D eigenvalue weighted by molar-refractivity contribution is -0.137. The minimum Gasteiger partial charge on any atom is -0.491 e. The molecule has 0 aromatic heterocycles. The molecule has 0 bridgehead atoms. The van der Waals surface area contributed by atoms with E-state index in [1.54, 1.807) is 32.0 Å². The number of carbonyl (C=O) groups is 3. The second kappa shape index (κ2) is 14.3. The maximum absolute atomic E-state index is 13.4. The van der Waals surface area contributed by atoms with Crippen molar-refractivity contribution in [1.82, 2.24) is 10.6 Å². The zero-order valence-corrected chi connectivity index (χ0v) is 23.9. The number of ether oxygens (including phenoxy) is 1. The molecule has 1 aliphatic rings. The van der Waals surface area contributed by atoms with Crippen LogP contribution in [0.25, 0.3) is 0 Å². The number of carbonyl (C=O) groups excluding carboxylic acids is 3. The standard InChI is InChI=1S/C28H37BF3N5O6/c1-27(2)20-11-16(3-8-21(20)29(41)43-27)12-24(38)23(15-42-19-6-4-17(5-7-19)28(30,31)32)37-26(40)22(35)9-10-25(39)36-18(13-33)14-34/h3-8,11,18,22-23,41H,9-10,12-15,33-35H2,1-2H3,(H,36,39)(H,37,40)/t22-,23+/m0/s1. The third kappa shape index (κ3) is 9.24. The number of halogens is 3. The van der Waals surface area contributed by atoms with Gasteiger partial charge in [-0.05, 0) is 61.1 Å². The average molecular weight is 607 g/mol. The van der Waals surface area contributed by atoms with Crippen LogP contribution < -0.4 is 38.0 Å². The Morgan fingerprint density at radius 1 is 1.07 bits per heavy atom. The van der Waals surface area contributed by atoms with Crippen molar-refractivity contribution in [2.24, 2.45) is 17.2 Å². The molecule has 2 amide bonds. The normalized spacial score (nSPS) is 15.5. The Morgan fingerprint density at radius 2 is 1.72 bits per heavy atom. The van der Waals surface area contributed by atoms with Crippen molar-refractivity contribution in [2.75, 3.05) is 19.7 Å². The molecular formula is C28H37BF3N5O6. The van der Waals surface area contributed by atoms with Crippen LogP contribution in [0, 0.1) is 0 Å². The van der Waals surface area contributed by atoms with Gasteiger partial charge in [-0.25, -0.2) is 0 Å².